The highest BCUT2D eigenvalue weighted by Gasteiger charge is 2.37. The molecule has 0 spiro atoms. The number of benzene rings is 1. The van der Waals surface area contributed by atoms with Gasteiger partial charge in [0.15, 0.2) is 5.12 Å². The van der Waals surface area contributed by atoms with Gasteiger partial charge in [-0.05, 0) is 25.8 Å². The van der Waals surface area contributed by atoms with Crippen LogP contribution in [0.4, 0.5) is 0 Å². The van der Waals surface area contributed by atoms with Crippen molar-refractivity contribution in [2.45, 2.75) is 31.9 Å². The number of thioether (sulfide) groups is 1. The average Bonchev–Trinajstić information content (AvgIpc) is 2.29. The van der Waals surface area contributed by atoms with E-state index in [0.29, 0.717) is 13.0 Å². The predicted octanol–water partition coefficient (Wildman–Crippen LogP) is 2.83. The number of carbonyl (C=O) groups excluding carboxylic acids is 2. The first kappa shape index (κ1) is 14.8. The molecule has 1 rings (SSSR count). The van der Waals surface area contributed by atoms with Crippen molar-refractivity contribution in [2.75, 3.05) is 6.61 Å². The van der Waals surface area contributed by atoms with Crippen LogP contribution in [0.1, 0.15) is 26.3 Å². The normalized spacial score (nSPS) is 13.7. The average molecular weight is 266 g/mol. The van der Waals surface area contributed by atoms with E-state index in [4.69, 9.17) is 4.74 Å². The number of hydrogen-bond acceptors (Lipinski definition) is 4. The Labute approximate surface area is 112 Å². The first-order valence-corrected chi connectivity index (χ1v) is 6.70. The highest BCUT2D eigenvalue weighted by molar-refractivity contribution is 8.15. The Balaban J connectivity index is 2.90. The van der Waals surface area contributed by atoms with E-state index >= 15 is 0 Å². The van der Waals surface area contributed by atoms with Crippen LogP contribution in [0.5, 0.6) is 0 Å². The van der Waals surface area contributed by atoms with Gasteiger partial charge in [-0.25, -0.2) is 0 Å². The molecule has 0 aliphatic heterocycles. The van der Waals surface area contributed by atoms with Gasteiger partial charge in [0.2, 0.25) is 0 Å². The lowest BCUT2D eigenvalue weighted by atomic mass is 10.0. The van der Waals surface area contributed by atoms with E-state index in [1.807, 2.05) is 30.3 Å². The SMILES string of the molecule is CCOC(=O)[C@](C)(Cc1ccccc1)SC(C)=O. The van der Waals surface area contributed by atoms with E-state index in [0.717, 1.165) is 17.3 Å². The first-order chi connectivity index (χ1) is 8.48. The quantitative estimate of drug-likeness (QED) is 0.769. The Morgan fingerprint density at radius 1 is 1.28 bits per heavy atom. The van der Waals surface area contributed by atoms with E-state index in [-0.39, 0.29) is 11.1 Å². The van der Waals surface area contributed by atoms with Crippen LogP contribution >= 0.6 is 11.8 Å². The van der Waals surface area contributed by atoms with Crippen molar-refractivity contribution in [3.63, 3.8) is 0 Å². The largest absolute Gasteiger partial charge is 0.465 e. The molecule has 0 fully saturated rings. The van der Waals surface area contributed by atoms with E-state index in [2.05, 4.69) is 0 Å². The van der Waals surface area contributed by atoms with Gasteiger partial charge < -0.3 is 4.74 Å². The summed E-state index contributed by atoms with van der Waals surface area (Å²) in [5.41, 5.74) is 1.02. The maximum absolute atomic E-state index is 12.0. The fourth-order valence-electron chi connectivity index (χ4n) is 1.74. The first-order valence-electron chi connectivity index (χ1n) is 5.88. The van der Waals surface area contributed by atoms with Crippen LogP contribution in [0.25, 0.3) is 0 Å². The Morgan fingerprint density at radius 2 is 1.89 bits per heavy atom. The molecular weight excluding hydrogens is 248 g/mol. The summed E-state index contributed by atoms with van der Waals surface area (Å²) < 4.78 is 4.21. The Morgan fingerprint density at radius 3 is 2.39 bits per heavy atom. The fraction of sp³-hybridized carbons (Fsp3) is 0.429. The van der Waals surface area contributed by atoms with Gasteiger partial charge in [-0.15, -0.1) is 0 Å². The minimum Gasteiger partial charge on any atom is -0.465 e. The molecule has 0 amide bonds. The van der Waals surface area contributed by atoms with Gasteiger partial charge in [0.05, 0.1) is 6.61 Å². The third-order valence-corrected chi connectivity index (χ3v) is 3.51. The van der Waals surface area contributed by atoms with Gasteiger partial charge in [0.25, 0.3) is 0 Å². The molecule has 18 heavy (non-hydrogen) atoms. The van der Waals surface area contributed by atoms with E-state index in [1.54, 1.807) is 13.8 Å². The molecule has 0 bridgehead atoms. The fourth-order valence-corrected chi connectivity index (χ4v) is 2.75. The third-order valence-electron chi connectivity index (χ3n) is 2.46. The molecule has 0 aliphatic rings. The van der Waals surface area contributed by atoms with Crippen molar-refractivity contribution in [1.29, 1.82) is 0 Å². The molecule has 0 radical (unpaired) electrons. The van der Waals surface area contributed by atoms with Crippen LogP contribution < -0.4 is 0 Å². The lowest BCUT2D eigenvalue weighted by Crippen LogP contribution is -2.37. The Hall–Kier alpha value is -1.29. The highest BCUT2D eigenvalue weighted by atomic mass is 32.2. The molecule has 1 aromatic carbocycles. The highest BCUT2D eigenvalue weighted by Crippen LogP contribution is 2.31. The second-order valence-corrected chi connectivity index (χ2v) is 5.89. The lowest BCUT2D eigenvalue weighted by Gasteiger charge is -2.25. The van der Waals surface area contributed by atoms with Crippen LogP contribution in [0.3, 0.4) is 0 Å². The summed E-state index contributed by atoms with van der Waals surface area (Å²) >= 11 is 1.03. The summed E-state index contributed by atoms with van der Waals surface area (Å²) in [5, 5.41) is -0.0820. The summed E-state index contributed by atoms with van der Waals surface area (Å²) in [7, 11) is 0. The second kappa shape index (κ2) is 6.59. The lowest BCUT2D eigenvalue weighted by molar-refractivity contribution is -0.145. The number of carbonyl (C=O) groups is 2. The molecule has 4 heteroatoms. The van der Waals surface area contributed by atoms with Crippen molar-refractivity contribution >= 4 is 22.8 Å². The van der Waals surface area contributed by atoms with Crippen molar-refractivity contribution in [3.8, 4) is 0 Å². The van der Waals surface area contributed by atoms with Crippen LogP contribution in [0.15, 0.2) is 30.3 Å². The number of esters is 1. The second-order valence-electron chi connectivity index (χ2n) is 4.21. The summed E-state index contributed by atoms with van der Waals surface area (Å²) in [6.07, 6.45) is 0.483. The van der Waals surface area contributed by atoms with Gasteiger partial charge >= 0.3 is 5.97 Å². The summed E-state index contributed by atoms with van der Waals surface area (Å²) in [4.78, 5) is 23.3. The standard InChI is InChI=1S/C14H18O3S/c1-4-17-13(16)14(3,18-11(2)15)10-12-8-6-5-7-9-12/h5-9H,4,10H2,1-3H3/t14-/m0/s1. The van der Waals surface area contributed by atoms with Crippen molar-refractivity contribution in [1.82, 2.24) is 0 Å². The smallest absolute Gasteiger partial charge is 0.322 e. The minimum absolute atomic E-state index is 0.0820. The molecule has 0 unspecified atom stereocenters. The molecule has 0 saturated carbocycles. The third kappa shape index (κ3) is 4.18. The molecule has 0 heterocycles. The van der Waals surface area contributed by atoms with Gasteiger partial charge in [0, 0.05) is 6.92 Å². The topological polar surface area (TPSA) is 43.4 Å². The monoisotopic (exact) mass is 266 g/mol. The molecule has 98 valence electrons. The molecule has 0 aromatic heterocycles. The molecule has 0 N–H and O–H groups in total. The van der Waals surface area contributed by atoms with Gasteiger partial charge in [0.1, 0.15) is 4.75 Å². The summed E-state index contributed by atoms with van der Waals surface area (Å²) in [6.45, 7) is 5.30. The van der Waals surface area contributed by atoms with Crippen molar-refractivity contribution in [2.24, 2.45) is 0 Å². The minimum atomic E-state index is -0.858. The molecule has 0 saturated heterocycles. The number of rotatable bonds is 5. The predicted molar refractivity (Wildman–Crippen MR) is 73.5 cm³/mol. The number of ether oxygens (including phenoxy) is 1. The summed E-state index contributed by atoms with van der Waals surface area (Å²) in [6, 6.07) is 9.64. The van der Waals surface area contributed by atoms with E-state index < -0.39 is 4.75 Å². The van der Waals surface area contributed by atoms with Crippen LogP contribution in [-0.4, -0.2) is 22.4 Å². The zero-order valence-electron chi connectivity index (χ0n) is 10.9. The maximum Gasteiger partial charge on any atom is 0.322 e. The molecule has 1 atom stereocenters. The zero-order valence-corrected chi connectivity index (χ0v) is 11.8. The van der Waals surface area contributed by atoms with Crippen LogP contribution in [0.2, 0.25) is 0 Å². The zero-order chi connectivity index (χ0) is 13.6. The van der Waals surface area contributed by atoms with Crippen molar-refractivity contribution in [3.05, 3.63) is 35.9 Å². The van der Waals surface area contributed by atoms with Crippen molar-refractivity contribution < 1.29 is 14.3 Å². The molecule has 1 aromatic rings. The maximum atomic E-state index is 12.0. The number of hydrogen-bond donors (Lipinski definition) is 0. The molecule has 0 aliphatic carbocycles. The molecular formula is C14H18O3S. The Bertz CT molecular complexity index is 416. The Kier molecular flexibility index (Phi) is 5.41. The summed E-state index contributed by atoms with van der Waals surface area (Å²) in [5.74, 6) is -0.339. The van der Waals surface area contributed by atoms with Gasteiger partial charge in [-0.3, -0.25) is 9.59 Å². The molecule has 3 nitrogen and oxygen atoms in total. The van der Waals surface area contributed by atoms with Gasteiger partial charge in [-0.2, -0.15) is 0 Å². The van der Waals surface area contributed by atoms with Crippen LogP contribution in [-0.2, 0) is 20.7 Å². The van der Waals surface area contributed by atoms with Crippen LogP contribution in [0, 0.1) is 0 Å². The van der Waals surface area contributed by atoms with E-state index in [1.165, 1.54) is 6.92 Å². The van der Waals surface area contributed by atoms with E-state index in [9.17, 15) is 9.59 Å². The van der Waals surface area contributed by atoms with Gasteiger partial charge in [-0.1, -0.05) is 42.1 Å².